The summed E-state index contributed by atoms with van der Waals surface area (Å²) in [5.74, 6) is 1.78. The Bertz CT molecular complexity index is 770. The number of nitrogens with zero attached hydrogens (tertiary/aromatic N) is 3. The first kappa shape index (κ1) is 22.9. The number of hydrogen-bond donors (Lipinski definition) is 2. The molecule has 0 spiro atoms. The van der Waals surface area contributed by atoms with Crippen molar-refractivity contribution >= 4 is 11.6 Å². The second-order valence-electron chi connectivity index (χ2n) is 7.90. The molecule has 6 heteroatoms. The van der Waals surface area contributed by atoms with E-state index < -0.39 is 0 Å². The first-order valence-corrected chi connectivity index (χ1v) is 11.4. The summed E-state index contributed by atoms with van der Waals surface area (Å²) in [6.45, 7) is 7.52. The van der Waals surface area contributed by atoms with Crippen LogP contribution in [-0.4, -0.2) is 70.8 Å². The first-order valence-electron chi connectivity index (χ1n) is 11.4. The van der Waals surface area contributed by atoms with Crippen LogP contribution < -0.4 is 20.3 Å². The number of ether oxygens (including phenoxy) is 1. The van der Waals surface area contributed by atoms with E-state index in [1.54, 1.807) is 7.11 Å². The van der Waals surface area contributed by atoms with Crippen LogP contribution in [0, 0.1) is 0 Å². The molecule has 0 amide bonds. The summed E-state index contributed by atoms with van der Waals surface area (Å²) in [7, 11) is 3.52. The van der Waals surface area contributed by atoms with Crippen LogP contribution in [-0.2, 0) is 6.42 Å². The zero-order chi connectivity index (χ0) is 21.7. The minimum Gasteiger partial charge on any atom is -0.497 e. The van der Waals surface area contributed by atoms with E-state index >= 15 is 0 Å². The summed E-state index contributed by atoms with van der Waals surface area (Å²) in [6, 6.07) is 19.0. The predicted molar refractivity (Wildman–Crippen MR) is 130 cm³/mol. The molecule has 31 heavy (non-hydrogen) atoms. The van der Waals surface area contributed by atoms with Crippen LogP contribution in [0.1, 0.15) is 18.4 Å². The summed E-state index contributed by atoms with van der Waals surface area (Å²) in [4.78, 5) is 9.40. The lowest BCUT2D eigenvalue weighted by molar-refractivity contribution is 0.253. The molecule has 2 aromatic rings. The molecule has 2 aromatic carbocycles. The first-order chi connectivity index (χ1) is 15.3. The lowest BCUT2D eigenvalue weighted by Gasteiger charge is -2.36. The van der Waals surface area contributed by atoms with E-state index in [4.69, 9.17) is 4.74 Å². The molecule has 168 valence electrons. The molecule has 1 saturated heterocycles. The topological polar surface area (TPSA) is 52.1 Å². The van der Waals surface area contributed by atoms with Gasteiger partial charge in [0.1, 0.15) is 5.75 Å². The number of benzene rings is 2. The third kappa shape index (κ3) is 7.79. The molecular weight excluding hydrogens is 386 g/mol. The van der Waals surface area contributed by atoms with Crippen LogP contribution in [0.25, 0.3) is 0 Å². The number of rotatable bonds is 10. The highest BCUT2D eigenvalue weighted by atomic mass is 16.5. The third-order valence-corrected chi connectivity index (χ3v) is 5.78. The van der Waals surface area contributed by atoms with Crippen LogP contribution in [0.15, 0.2) is 59.6 Å². The van der Waals surface area contributed by atoms with Gasteiger partial charge in [-0.3, -0.25) is 9.89 Å². The van der Waals surface area contributed by atoms with Gasteiger partial charge < -0.3 is 20.3 Å². The number of hydrogen-bond acceptors (Lipinski definition) is 4. The quantitative estimate of drug-likeness (QED) is 0.350. The summed E-state index contributed by atoms with van der Waals surface area (Å²) in [5, 5.41) is 6.83. The van der Waals surface area contributed by atoms with E-state index in [2.05, 4.69) is 67.9 Å². The molecule has 1 heterocycles. The molecule has 6 nitrogen and oxygen atoms in total. The number of guanidine groups is 1. The number of aliphatic imine (C=N–C) groups is 1. The Hall–Kier alpha value is -2.73. The SMILES string of the molecule is CN=C(NCCCCN1CCN(c2ccccc2)CC1)NCCc1ccc(OC)cc1. The summed E-state index contributed by atoms with van der Waals surface area (Å²) < 4.78 is 5.21. The van der Waals surface area contributed by atoms with Crippen LogP contribution in [0.4, 0.5) is 5.69 Å². The number of methoxy groups -OCH3 is 1. The van der Waals surface area contributed by atoms with Crippen LogP contribution in [0.3, 0.4) is 0 Å². The average Bonchev–Trinajstić information content (AvgIpc) is 2.84. The maximum absolute atomic E-state index is 5.21. The van der Waals surface area contributed by atoms with Crippen molar-refractivity contribution in [3.63, 3.8) is 0 Å². The Labute approximate surface area is 187 Å². The minimum atomic E-state index is 0.859. The molecule has 0 aliphatic carbocycles. The van der Waals surface area contributed by atoms with Gasteiger partial charge in [-0.2, -0.15) is 0 Å². The zero-order valence-corrected chi connectivity index (χ0v) is 19.0. The zero-order valence-electron chi connectivity index (χ0n) is 19.0. The molecule has 3 rings (SSSR count). The van der Waals surface area contributed by atoms with Crippen molar-refractivity contribution in [1.82, 2.24) is 15.5 Å². The van der Waals surface area contributed by atoms with E-state index in [0.717, 1.165) is 63.8 Å². The maximum atomic E-state index is 5.21. The van der Waals surface area contributed by atoms with Crippen LogP contribution >= 0.6 is 0 Å². The Balaban J connectivity index is 1.23. The Morgan fingerprint density at radius 3 is 2.29 bits per heavy atom. The molecule has 1 fully saturated rings. The van der Waals surface area contributed by atoms with Gasteiger partial charge in [-0.1, -0.05) is 30.3 Å². The molecule has 0 aromatic heterocycles. The van der Waals surface area contributed by atoms with Crippen LogP contribution in [0.5, 0.6) is 5.75 Å². The lowest BCUT2D eigenvalue weighted by atomic mass is 10.1. The number of unbranched alkanes of at least 4 members (excludes halogenated alkanes) is 1. The molecule has 0 unspecified atom stereocenters. The molecule has 0 radical (unpaired) electrons. The van der Waals surface area contributed by atoms with Gasteiger partial charge >= 0.3 is 0 Å². The number of nitrogens with one attached hydrogen (secondary N) is 2. The Morgan fingerprint density at radius 1 is 0.903 bits per heavy atom. The highest BCUT2D eigenvalue weighted by Crippen LogP contribution is 2.15. The van der Waals surface area contributed by atoms with E-state index in [9.17, 15) is 0 Å². The summed E-state index contributed by atoms with van der Waals surface area (Å²) in [6.07, 6.45) is 3.32. The molecule has 0 saturated carbocycles. The van der Waals surface area contributed by atoms with Crippen molar-refractivity contribution in [3.05, 3.63) is 60.2 Å². The number of piperazine rings is 1. The standard InChI is InChI=1S/C25H37N5O/c1-26-25(28-16-14-22-10-12-24(31-2)13-11-22)27-15-6-7-17-29-18-20-30(21-19-29)23-8-4-3-5-9-23/h3-5,8-13H,6-7,14-21H2,1-2H3,(H2,26,27,28). The highest BCUT2D eigenvalue weighted by molar-refractivity contribution is 5.79. The van der Waals surface area contributed by atoms with Crippen molar-refractivity contribution in [2.24, 2.45) is 4.99 Å². The van der Waals surface area contributed by atoms with Gasteiger partial charge in [-0.15, -0.1) is 0 Å². The molecule has 0 atom stereocenters. The number of anilines is 1. The summed E-state index contributed by atoms with van der Waals surface area (Å²) in [5.41, 5.74) is 2.63. The van der Waals surface area contributed by atoms with Crippen LogP contribution in [0.2, 0.25) is 0 Å². The van der Waals surface area contributed by atoms with Crippen molar-refractivity contribution in [2.45, 2.75) is 19.3 Å². The van der Waals surface area contributed by atoms with Gasteiger partial charge in [-0.25, -0.2) is 0 Å². The van der Waals surface area contributed by atoms with Gasteiger partial charge in [0, 0.05) is 52.0 Å². The van der Waals surface area contributed by atoms with Gasteiger partial charge in [-0.05, 0) is 55.6 Å². The smallest absolute Gasteiger partial charge is 0.190 e. The maximum Gasteiger partial charge on any atom is 0.190 e. The monoisotopic (exact) mass is 423 g/mol. The fourth-order valence-corrected chi connectivity index (χ4v) is 3.87. The third-order valence-electron chi connectivity index (χ3n) is 5.78. The van der Waals surface area contributed by atoms with Gasteiger partial charge in [0.25, 0.3) is 0 Å². The second kappa shape index (κ2) is 12.8. The number of para-hydroxylation sites is 1. The minimum absolute atomic E-state index is 0.859. The van der Waals surface area contributed by atoms with Gasteiger partial charge in [0.05, 0.1) is 7.11 Å². The van der Waals surface area contributed by atoms with E-state index in [-0.39, 0.29) is 0 Å². The van der Waals surface area contributed by atoms with E-state index in [0.29, 0.717) is 0 Å². The van der Waals surface area contributed by atoms with Crippen molar-refractivity contribution in [3.8, 4) is 5.75 Å². The second-order valence-corrected chi connectivity index (χ2v) is 7.90. The van der Waals surface area contributed by atoms with E-state index in [1.807, 2.05) is 19.2 Å². The Morgan fingerprint density at radius 2 is 1.61 bits per heavy atom. The highest BCUT2D eigenvalue weighted by Gasteiger charge is 2.16. The molecule has 0 bridgehead atoms. The molecule has 1 aliphatic rings. The fourth-order valence-electron chi connectivity index (χ4n) is 3.87. The average molecular weight is 424 g/mol. The predicted octanol–water partition coefficient (Wildman–Crippen LogP) is 3.01. The van der Waals surface area contributed by atoms with Crippen molar-refractivity contribution < 1.29 is 4.74 Å². The molecule has 1 aliphatic heterocycles. The van der Waals surface area contributed by atoms with Gasteiger partial charge in [0.15, 0.2) is 5.96 Å². The molecule has 2 N–H and O–H groups in total. The van der Waals surface area contributed by atoms with Crippen molar-refractivity contribution in [1.29, 1.82) is 0 Å². The largest absolute Gasteiger partial charge is 0.497 e. The Kier molecular flexibility index (Phi) is 9.51. The lowest BCUT2D eigenvalue weighted by Crippen LogP contribution is -2.46. The fraction of sp³-hybridized carbons (Fsp3) is 0.480. The van der Waals surface area contributed by atoms with Crippen molar-refractivity contribution in [2.75, 3.05) is 64.9 Å². The molecular formula is C25H37N5O. The normalized spacial score (nSPS) is 15.0. The summed E-state index contributed by atoms with van der Waals surface area (Å²) >= 11 is 0. The van der Waals surface area contributed by atoms with E-state index in [1.165, 1.54) is 24.2 Å². The van der Waals surface area contributed by atoms with Gasteiger partial charge in [0.2, 0.25) is 0 Å².